The van der Waals surface area contributed by atoms with Crippen LogP contribution in [0.25, 0.3) is 0 Å². The summed E-state index contributed by atoms with van der Waals surface area (Å²) >= 11 is 0. The third kappa shape index (κ3) is 4.83. The van der Waals surface area contributed by atoms with Crippen molar-refractivity contribution in [2.45, 2.75) is 51.3 Å². The minimum Gasteiger partial charge on any atom is -0.369 e. The fraction of sp³-hybridized carbons (Fsp3) is 0.667. The molecule has 1 aromatic rings. The molecule has 190 valence electrons. The van der Waals surface area contributed by atoms with Crippen molar-refractivity contribution >= 4 is 23.3 Å². The molecular weight excluding hydrogens is 444 g/mol. The van der Waals surface area contributed by atoms with Crippen LogP contribution in [-0.2, 0) is 14.3 Å². The highest BCUT2D eigenvalue weighted by molar-refractivity contribution is 5.99. The first-order valence-corrected chi connectivity index (χ1v) is 13.2. The molecule has 8 nitrogen and oxygen atoms in total. The molecule has 4 fully saturated rings. The van der Waals surface area contributed by atoms with Gasteiger partial charge in [0.25, 0.3) is 5.91 Å². The van der Waals surface area contributed by atoms with Gasteiger partial charge in [-0.25, -0.2) is 0 Å². The third-order valence-electron chi connectivity index (χ3n) is 8.50. The summed E-state index contributed by atoms with van der Waals surface area (Å²) < 4.78 is 5.83. The van der Waals surface area contributed by atoms with Gasteiger partial charge >= 0.3 is 0 Å². The Balaban J connectivity index is 1.29. The summed E-state index contributed by atoms with van der Waals surface area (Å²) in [5.74, 6) is 0.301. The lowest BCUT2D eigenvalue weighted by Gasteiger charge is -2.34. The SMILES string of the molecule is CC[C@H](C)[C@H](NC(=O)c1ccc(N2CCN(C)CC2)cc1)C(=O)N1C[C@H](C2CC2)[C@H]2OCC(=O)[C@H]21. The van der Waals surface area contributed by atoms with Crippen LogP contribution in [-0.4, -0.2) is 92.0 Å². The highest BCUT2D eigenvalue weighted by Crippen LogP contribution is 2.46. The molecule has 3 saturated heterocycles. The van der Waals surface area contributed by atoms with E-state index >= 15 is 0 Å². The predicted octanol–water partition coefficient (Wildman–Crippen LogP) is 1.79. The molecular formula is C27H38N4O4. The summed E-state index contributed by atoms with van der Waals surface area (Å²) in [6, 6.07) is 6.48. The van der Waals surface area contributed by atoms with Crippen LogP contribution in [0, 0.1) is 17.8 Å². The molecule has 0 aromatic heterocycles. The lowest BCUT2D eigenvalue weighted by molar-refractivity contribution is -0.139. The molecule has 0 spiro atoms. The van der Waals surface area contributed by atoms with Gasteiger partial charge in [0.2, 0.25) is 5.91 Å². The molecule has 0 unspecified atom stereocenters. The van der Waals surface area contributed by atoms with Gasteiger partial charge in [0.1, 0.15) is 18.7 Å². The van der Waals surface area contributed by atoms with Gasteiger partial charge < -0.3 is 24.8 Å². The number of likely N-dealkylation sites (tertiary alicyclic amines) is 1. The number of piperazine rings is 1. The number of carbonyl (C=O) groups is 3. The topological polar surface area (TPSA) is 82.2 Å². The van der Waals surface area contributed by atoms with Crippen molar-refractivity contribution in [3.8, 4) is 0 Å². The minimum atomic E-state index is -0.670. The number of rotatable bonds is 7. The number of amides is 2. The van der Waals surface area contributed by atoms with Crippen LogP contribution in [0.1, 0.15) is 43.5 Å². The van der Waals surface area contributed by atoms with Crippen LogP contribution < -0.4 is 10.2 Å². The van der Waals surface area contributed by atoms with Crippen molar-refractivity contribution in [2.24, 2.45) is 17.8 Å². The van der Waals surface area contributed by atoms with E-state index in [-0.39, 0.29) is 42.1 Å². The van der Waals surface area contributed by atoms with Crippen molar-refractivity contribution in [3.05, 3.63) is 29.8 Å². The van der Waals surface area contributed by atoms with Crippen LogP contribution in [0.5, 0.6) is 0 Å². The maximum Gasteiger partial charge on any atom is 0.251 e. The summed E-state index contributed by atoms with van der Waals surface area (Å²) in [4.78, 5) is 46.0. The number of nitrogens with one attached hydrogen (secondary N) is 1. The maximum absolute atomic E-state index is 13.8. The Morgan fingerprint density at radius 1 is 1.11 bits per heavy atom. The van der Waals surface area contributed by atoms with Gasteiger partial charge in [-0.1, -0.05) is 20.3 Å². The van der Waals surface area contributed by atoms with Crippen molar-refractivity contribution in [3.63, 3.8) is 0 Å². The van der Waals surface area contributed by atoms with E-state index in [0.717, 1.165) is 51.1 Å². The lowest BCUT2D eigenvalue weighted by Crippen LogP contribution is -2.54. The number of hydrogen-bond acceptors (Lipinski definition) is 6. The monoisotopic (exact) mass is 482 g/mol. The first kappa shape index (κ1) is 24.3. The molecule has 35 heavy (non-hydrogen) atoms. The molecule has 3 aliphatic heterocycles. The second-order valence-corrected chi connectivity index (χ2v) is 10.9. The molecule has 0 radical (unpaired) electrons. The molecule has 5 atom stereocenters. The molecule has 4 aliphatic rings. The Morgan fingerprint density at radius 2 is 1.80 bits per heavy atom. The number of benzene rings is 1. The Labute approximate surface area is 207 Å². The van der Waals surface area contributed by atoms with E-state index in [1.165, 1.54) is 0 Å². The van der Waals surface area contributed by atoms with E-state index < -0.39 is 12.1 Å². The number of likely N-dealkylation sites (N-methyl/N-ethyl adjacent to an activating group) is 1. The maximum atomic E-state index is 13.8. The number of ketones is 1. The number of nitrogens with zero attached hydrogens (tertiary/aromatic N) is 3. The Hall–Kier alpha value is -2.45. The van der Waals surface area contributed by atoms with Gasteiger partial charge in [-0.2, -0.15) is 0 Å². The first-order valence-electron chi connectivity index (χ1n) is 13.2. The first-order chi connectivity index (χ1) is 16.9. The molecule has 1 aromatic carbocycles. The van der Waals surface area contributed by atoms with Crippen LogP contribution in [0.2, 0.25) is 0 Å². The summed E-state index contributed by atoms with van der Waals surface area (Å²) in [5.41, 5.74) is 1.65. The average Bonchev–Trinajstić information content (AvgIpc) is 3.54. The van der Waals surface area contributed by atoms with Crippen molar-refractivity contribution < 1.29 is 19.1 Å². The number of carbonyl (C=O) groups excluding carboxylic acids is 3. The second kappa shape index (κ2) is 9.90. The third-order valence-corrected chi connectivity index (χ3v) is 8.50. The van der Waals surface area contributed by atoms with Crippen molar-refractivity contribution in [1.82, 2.24) is 15.1 Å². The number of Topliss-reactive ketones (excluding diaryl/α,β-unsaturated/α-hetero) is 1. The van der Waals surface area contributed by atoms with E-state index in [4.69, 9.17) is 4.74 Å². The summed E-state index contributed by atoms with van der Waals surface area (Å²) in [5, 5.41) is 3.02. The quantitative estimate of drug-likeness (QED) is 0.638. The van der Waals surface area contributed by atoms with E-state index in [2.05, 4.69) is 22.2 Å². The highest BCUT2D eigenvalue weighted by Gasteiger charge is 2.56. The van der Waals surface area contributed by atoms with Crippen LogP contribution in [0.15, 0.2) is 24.3 Å². The molecule has 8 heteroatoms. The van der Waals surface area contributed by atoms with Gasteiger partial charge in [0.15, 0.2) is 5.78 Å². The Kier molecular flexibility index (Phi) is 6.86. The molecule has 2 amide bonds. The smallest absolute Gasteiger partial charge is 0.251 e. The van der Waals surface area contributed by atoms with Crippen LogP contribution in [0.4, 0.5) is 5.69 Å². The standard InChI is InChI=1S/C27H38N4O4/c1-4-17(2)23(27(34)31-15-21(18-5-6-18)25-24(31)22(32)16-35-25)28-26(33)19-7-9-20(10-8-19)30-13-11-29(3)12-14-30/h7-10,17-18,21,23-25H,4-6,11-16H2,1-3H3,(H,28,33)/t17-,21+,23-,24+,25+/m0/s1. The molecule has 3 heterocycles. The zero-order valence-electron chi connectivity index (χ0n) is 21.1. The fourth-order valence-electron chi connectivity index (χ4n) is 5.83. The highest BCUT2D eigenvalue weighted by atomic mass is 16.5. The van der Waals surface area contributed by atoms with E-state index in [1.54, 1.807) is 4.90 Å². The van der Waals surface area contributed by atoms with Gasteiger partial charge in [-0.15, -0.1) is 0 Å². The summed E-state index contributed by atoms with van der Waals surface area (Å²) in [6.07, 6.45) is 2.85. The minimum absolute atomic E-state index is 0.0137. The molecule has 1 N–H and O–H groups in total. The molecule has 5 rings (SSSR count). The zero-order valence-corrected chi connectivity index (χ0v) is 21.1. The number of hydrogen-bond donors (Lipinski definition) is 1. The Morgan fingerprint density at radius 3 is 2.43 bits per heavy atom. The number of anilines is 1. The van der Waals surface area contributed by atoms with Gasteiger partial charge in [0, 0.05) is 49.9 Å². The number of ether oxygens (including phenoxy) is 1. The second-order valence-electron chi connectivity index (χ2n) is 10.9. The summed E-state index contributed by atoms with van der Waals surface area (Å²) in [7, 11) is 2.13. The van der Waals surface area contributed by atoms with Gasteiger partial charge in [-0.05, 0) is 56.0 Å². The largest absolute Gasteiger partial charge is 0.369 e. The van der Waals surface area contributed by atoms with E-state index in [0.29, 0.717) is 18.0 Å². The van der Waals surface area contributed by atoms with E-state index in [9.17, 15) is 14.4 Å². The number of fused-ring (bicyclic) bond motifs is 1. The fourth-order valence-corrected chi connectivity index (χ4v) is 5.83. The van der Waals surface area contributed by atoms with Gasteiger partial charge in [-0.3, -0.25) is 14.4 Å². The predicted molar refractivity (Wildman–Crippen MR) is 133 cm³/mol. The molecule has 0 bridgehead atoms. The van der Waals surface area contributed by atoms with E-state index in [1.807, 2.05) is 38.1 Å². The molecule has 1 aliphatic carbocycles. The van der Waals surface area contributed by atoms with Gasteiger partial charge in [0.05, 0.1) is 6.10 Å². The lowest BCUT2D eigenvalue weighted by atomic mass is 9.96. The summed E-state index contributed by atoms with van der Waals surface area (Å²) in [6.45, 7) is 8.62. The van der Waals surface area contributed by atoms with Crippen LogP contribution >= 0.6 is 0 Å². The van der Waals surface area contributed by atoms with Crippen molar-refractivity contribution in [1.29, 1.82) is 0 Å². The average molecular weight is 483 g/mol. The Bertz CT molecular complexity index is 954. The normalized spacial score (nSPS) is 28.7. The van der Waals surface area contributed by atoms with Crippen LogP contribution in [0.3, 0.4) is 0 Å². The van der Waals surface area contributed by atoms with Crippen molar-refractivity contribution in [2.75, 3.05) is 51.3 Å². The molecule has 1 saturated carbocycles. The zero-order chi connectivity index (χ0) is 24.7.